The highest BCUT2D eigenvalue weighted by Gasteiger charge is 2.34. The molecule has 0 aromatic heterocycles. The van der Waals surface area contributed by atoms with E-state index >= 15 is 0 Å². The van der Waals surface area contributed by atoms with Crippen LogP contribution in [-0.4, -0.2) is 18.7 Å². The summed E-state index contributed by atoms with van der Waals surface area (Å²) in [5, 5.41) is 5.90. The van der Waals surface area contributed by atoms with Crippen molar-refractivity contribution in [1.29, 1.82) is 0 Å². The van der Waals surface area contributed by atoms with Gasteiger partial charge in [-0.15, -0.1) is 0 Å². The van der Waals surface area contributed by atoms with Crippen molar-refractivity contribution in [2.45, 2.75) is 31.9 Å². The van der Waals surface area contributed by atoms with Gasteiger partial charge in [0.25, 0.3) is 0 Å². The van der Waals surface area contributed by atoms with Crippen LogP contribution in [0, 0.1) is 0 Å². The van der Waals surface area contributed by atoms with Gasteiger partial charge in [-0.2, -0.15) is 0 Å². The number of ether oxygens (including phenoxy) is 2. The van der Waals surface area contributed by atoms with E-state index in [1.165, 1.54) is 0 Å². The summed E-state index contributed by atoms with van der Waals surface area (Å²) in [7, 11) is 1.58. The normalized spacial score (nSPS) is 18.0. The van der Waals surface area contributed by atoms with E-state index in [1.807, 2.05) is 56.3 Å². The summed E-state index contributed by atoms with van der Waals surface area (Å²) < 4.78 is 11.3. The third-order valence-electron chi connectivity index (χ3n) is 4.04. The molecule has 1 atom stereocenters. The lowest BCUT2D eigenvalue weighted by molar-refractivity contribution is 0.0683. The van der Waals surface area contributed by atoms with Crippen LogP contribution in [0.15, 0.2) is 48.5 Å². The topological polar surface area (TPSA) is 59.6 Å². The van der Waals surface area contributed by atoms with Crippen molar-refractivity contribution in [2.75, 3.05) is 12.4 Å². The molecule has 24 heavy (non-hydrogen) atoms. The first-order valence-corrected chi connectivity index (χ1v) is 7.97. The van der Waals surface area contributed by atoms with Crippen LogP contribution in [0.4, 0.5) is 10.5 Å². The molecule has 2 amide bonds. The van der Waals surface area contributed by atoms with Crippen molar-refractivity contribution in [3.63, 3.8) is 0 Å². The fourth-order valence-corrected chi connectivity index (χ4v) is 3.00. The number of para-hydroxylation sites is 3. The van der Waals surface area contributed by atoms with Gasteiger partial charge in [-0.05, 0) is 32.0 Å². The van der Waals surface area contributed by atoms with Crippen LogP contribution >= 0.6 is 0 Å². The third-order valence-corrected chi connectivity index (χ3v) is 4.04. The second-order valence-corrected chi connectivity index (χ2v) is 6.46. The van der Waals surface area contributed by atoms with Gasteiger partial charge >= 0.3 is 6.03 Å². The zero-order valence-corrected chi connectivity index (χ0v) is 14.1. The molecule has 2 aromatic rings. The second kappa shape index (κ2) is 6.43. The van der Waals surface area contributed by atoms with E-state index < -0.39 is 0 Å². The van der Waals surface area contributed by atoms with Crippen LogP contribution in [0.5, 0.6) is 11.5 Å². The van der Waals surface area contributed by atoms with Crippen molar-refractivity contribution in [2.24, 2.45) is 0 Å². The van der Waals surface area contributed by atoms with Gasteiger partial charge in [-0.1, -0.05) is 30.3 Å². The first kappa shape index (κ1) is 16.2. The number of benzene rings is 2. The SMILES string of the molecule is COc1ccccc1NC(=O)N[C@H]1CC(C)(C)Oc2ccccc21. The standard InChI is InChI=1S/C19H22N2O3/c1-19(2)12-15(13-8-4-6-10-16(13)24-19)21-18(22)20-14-9-5-7-11-17(14)23-3/h4-11,15H,12H2,1-3H3,(H2,20,21,22)/t15-/m0/s1. The van der Waals surface area contributed by atoms with E-state index in [0.717, 1.165) is 11.3 Å². The fraction of sp³-hybridized carbons (Fsp3) is 0.316. The Morgan fingerprint density at radius 2 is 1.88 bits per heavy atom. The van der Waals surface area contributed by atoms with Gasteiger partial charge in [-0.3, -0.25) is 0 Å². The predicted octanol–water partition coefficient (Wildman–Crippen LogP) is 4.12. The largest absolute Gasteiger partial charge is 0.495 e. The molecule has 5 heteroatoms. The number of carbonyl (C=O) groups is 1. The predicted molar refractivity (Wildman–Crippen MR) is 93.7 cm³/mol. The lowest BCUT2D eigenvalue weighted by Crippen LogP contribution is -2.42. The molecule has 0 fully saturated rings. The average molecular weight is 326 g/mol. The van der Waals surface area contributed by atoms with Gasteiger partial charge in [0.05, 0.1) is 18.8 Å². The number of carbonyl (C=O) groups excluding carboxylic acids is 1. The van der Waals surface area contributed by atoms with Crippen molar-refractivity contribution in [3.05, 3.63) is 54.1 Å². The van der Waals surface area contributed by atoms with Crippen molar-refractivity contribution >= 4 is 11.7 Å². The van der Waals surface area contributed by atoms with Gasteiger partial charge in [0, 0.05) is 12.0 Å². The summed E-state index contributed by atoms with van der Waals surface area (Å²) in [6.45, 7) is 4.05. The van der Waals surface area contributed by atoms with E-state index in [-0.39, 0.29) is 17.7 Å². The molecule has 126 valence electrons. The Labute approximate surface area is 142 Å². The van der Waals surface area contributed by atoms with Crippen molar-refractivity contribution in [3.8, 4) is 11.5 Å². The maximum atomic E-state index is 12.5. The summed E-state index contributed by atoms with van der Waals surface area (Å²) in [6.07, 6.45) is 0.698. The number of amides is 2. The summed E-state index contributed by atoms with van der Waals surface area (Å²) in [6, 6.07) is 14.8. The van der Waals surface area contributed by atoms with Crippen LogP contribution in [-0.2, 0) is 0 Å². The Morgan fingerprint density at radius 1 is 1.17 bits per heavy atom. The van der Waals surface area contributed by atoms with E-state index in [4.69, 9.17) is 9.47 Å². The molecule has 1 aliphatic rings. The molecule has 1 aliphatic heterocycles. The number of hydrogen-bond donors (Lipinski definition) is 2. The molecule has 0 bridgehead atoms. The van der Waals surface area contributed by atoms with E-state index in [2.05, 4.69) is 10.6 Å². The number of fused-ring (bicyclic) bond motifs is 1. The molecule has 0 radical (unpaired) electrons. The Morgan fingerprint density at radius 3 is 2.67 bits per heavy atom. The second-order valence-electron chi connectivity index (χ2n) is 6.46. The maximum Gasteiger partial charge on any atom is 0.319 e. The summed E-state index contributed by atoms with van der Waals surface area (Å²) >= 11 is 0. The molecule has 2 aromatic carbocycles. The van der Waals surface area contributed by atoms with Gasteiger partial charge in [0.2, 0.25) is 0 Å². The van der Waals surface area contributed by atoms with Crippen molar-refractivity contribution < 1.29 is 14.3 Å². The average Bonchev–Trinajstić information content (AvgIpc) is 2.54. The molecule has 2 N–H and O–H groups in total. The minimum Gasteiger partial charge on any atom is -0.495 e. The number of urea groups is 1. The number of hydrogen-bond acceptors (Lipinski definition) is 3. The van der Waals surface area contributed by atoms with Crippen LogP contribution < -0.4 is 20.1 Å². The summed E-state index contributed by atoms with van der Waals surface area (Å²) in [5.74, 6) is 1.44. The number of anilines is 1. The minimum atomic E-state index is -0.337. The molecular formula is C19H22N2O3. The first-order chi connectivity index (χ1) is 11.5. The van der Waals surface area contributed by atoms with E-state index in [1.54, 1.807) is 13.2 Å². The monoisotopic (exact) mass is 326 g/mol. The molecule has 1 heterocycles. The fourth-order valence-electron chi connectivity index (χ4n) is 3.00. The quantitative estimate of drug-likeness (QED) is 0.892. The Bertz CT molecular complexity index is 743. The van der Waals surface area contributed by atoms with Gasteiger partial charge < -0.3 is 20.1 Å². The van der Waals surface area contributed by atoms with Crippen LogP contribution in [0.3, 0.4) is 0 Å². The zero-order chi connectivity index (χ0) is 17.2. The highest BCUT2D eigenvalue weighted by molar-refractivity contribution is 5.91. The van der Waals surface area contributed by atoms with E-state index in [9.17, 15) is 4.79 Å². The van der Waals surface area contributed by atoms with Gasteiger partial charge in [0.15, 0.2) is 0 Å². The first-order valence-electron chi connectivity index (χ1n) is 7.97. The number of rotatable bonds is 3. The Balaban J connectivity index is 1.77. The molecule has 5 nitrogen and oxygen atoms in total. The zero-order valence-electron chi connectivity index (χ0n) is 14.1. The molecule has 0 spiro atoms. The Kier molecular flexibility index (Phi) is 4.34. The van der Waals surface area contributed by atoms with Crippen LogP contribution in [0.1, 0.15) is 31.9 Å². The third kappa shape index (κ3) is 3.45. The molecule has 3 rings (SSSR count). The molecule has 0 aliphatic carbocycles. The lowest BCUT2D eigenvalue weighted by Gasteiger charge is -2.37. The van der Waals surface area contributed by atoms with Crippen LogP contribution in [0.2, 0.25) is 0 Å². The molecule has 0 unspecified atom stereocenters. The minimum absolute atomic E-state index is 0.111. The summed E-state index contributed by atoms with van der Waals surface area (Å²) in [5.41, 5.74) is 1.29. The van der Waals surface area contributed by atoms with Crippen molar-refractivity contribution in [1.82, 2.24) is 5.32 Å². The van der Waals surface area contributed by atoms with Crippen LogP contribution in [0.25, 0.3) is 0 Å². The maximum absolute atomic E-state index is 12.5. The lowest BCUT2D eigenvalue weighted by atomic mass is 9.90. The molecule has 0 saturated carbocycles. The Hall–Kier alpha value is -2.69. The summed E-state index contributed by atoms with van der Waals surface area (Å²) in [4.78, 5) is 12.5. The number of methoxy groups -OCH3 is 1. The van der Waals surface area contributed by atoms with Gasteiger partial charge in [0.1, 0.15) is 17.1 Å². The molecular weight excluding hydrogens is 304 g/mol. The highest BCUT2D eigenvalue weighted by atomic mass is 16.5. The smallest absolute Gasteiger partial charge is 0.319 e. The molecule has 0 saturated heterocycles. The highest BCUT2D eigenvalue weighted by Crippen LogP contribution is 2.39. The number of nitrogens with one attached hydrogen (secondary N) is 2. The van der Waals surface area contributed by atoms with E-state index in [0.29, 0.717) is 17.9 Å². The van der Waals surface area contributed by atoms with Gasteiger partial charge in [-0.25, -0.2) is 4.79 Å².